The number of nitrogens with zero attached hydrogens (tertiary/aromatic N) is 1. The Hall–Kier alpha value is -2.90. The van der Waals surface area contributed by atoms with Gasteiger partial charge in [-0.1, -0.05) is 23.2 Å². The molecule has 0 atom stereocenters. The van der Waals surface area contributed by atoms with Gasteiger partial charge < -0.3 is 14.2 Å². The third-order valence-electron chi connectivity index (χ3n) is 4.81. The maximum Gasteiger partial charge on any atom is 0.307 e. The van der Waals surface area contributed by atoms with Crippen molar-refractivity contribution in [2.75, 3.05) is 13.3 Å². The second-order valence-corrected chi connectivity index (χ2v) is 7.32. The smallest absolute Gasteiger partial charge is 0.307 e. The van der Waals surface area contributed by atoms with Gasteiger partial charge in [0.2, 0.25) is 0 Å². The van der Waals surface area contributed by atoms with Crippen LogP contribution in [0, 0.1) is 6.92 Å². The van der Waals surface area contributed by atoms with Crippen LogP contribution < -0.4 is 4.74 Å². The maximum absolute atomic E-state index is 12.5. The topological polar surface area (TPSA) is 82.1 Å². The molecule has 4 rings (SSSR count). The van der Waals surface area contributed by atoms with E-state index in [4.69, 9.17) is 25.8 Å². The van der Waals surface area contributed by atoms with Crippen molar-refractivity contribution in [3.05, 3.63) is 63.2 Å². The van der Waals surface area contributed by atoms with Crippen LogP contribution in [0.3, 0.4) is 0 Å². The van der Waals surface area contributed by atoms with Crippen LogP contribution in [0.25, 0.3) is 0 Å². The van der Waals surface area contributed by atoms with Crippen molar-refractivity contribution in [2.45, 2.75) is 26.6 Å². The molecule has 2 amide bonds. The molecule has 2 aromatic rings. The van der Waals surface area contributed by atoms with Crippen molar-refractivity contribution in [3.8, 4) is 5.75 Å². The minimum absolute atomic E-state index is 0.0248. The van der Waals surface area contributed by atoms with Gasteiger partial charge in [-0.3, -0.25) is 19.3 Å². The van der Waals surface area contributed by atoms with Gasteiger partial charge in [0.1, 0.15) is 12.4 Å². The third kappa shape index (κ3) is 3.83. The molecule has 0 spiro atoms. The van der Waals surface area contributed by atoms with E-state index in [1.165, 1.54) is 0 Å². The van der Waals surface area contributed by atoms with Gasteiger partial charge in [-0.2, -0.15) is 0 Å². The summed E-state index contributed by atoms with van der Waals surface area (Å²) in [6, 6.07) is 8.51. The van der Waals surface area contributed by atoms with Gasteiger partial charge in [0.25, 0.3) is 11.8 Å². The first-order chi connectivity index (χ1) is 13.9. The Balaban J connectivity index is 1.37. The Bertz CT molecular complexity index is 1020. The standard InChI is InChI=1S/C21H18ClNO6/c1-12-2-3-16-17(6-12)21(26)23(20(16)25)5-4-18(24)28-10-14-8-15(22)7-13-9-27-11-29-19(13)14/h2-3,6-8H,4-5,9-11H2,1H3. The molecule has 2 aromatic carbocycles. The number of fused-ring (bicyclic) bond motifs is 2. The lowest BCUT2D eigenvalue weighted by atomic mass is 10.1. The molecule has 0 bridgehead atoms. The summed E-state index contributed by atoms with van der Waals surface area (Å²) < 4.78 is 16.0. The monoisotopic (exact) mass is 415 g/mol. The Morgan fingerprint density at radius 1 is 1.17 bits per heavy atom. The number of benzene rings is 2. The van der Waals surface area contributed by atoms with Crippen molar-refractivity contribution in [3.63, 3.8) is 0 Å². The van der Waals surface area contributed by atoms with Crippen LogP contribution in [0.1, 0.15) is 43.8 Å². The molecule has 0 radical (unpaired) electrons. The van der Waals surface area contributed by atoms with Gasteiger partial charge in [0.05, 0.1) is 24.2 Å². The summed E-state index contributed by atoms with van der Waals surface area (Å²) in [4.78, 5) is 38.2. The average molecular weight is 416 g/mol. The van der Waals surface area contributed by atoms with Gasteiger partial charge in [0.15, 0.2) is 6.79 Å². The number of carbonyl (C=O) groups excluding carboxylic acids is 3. The number of aryl methyl sites for hydroxylation is 1. The predicted molar refractivity (Wildman–Crippen MR) is 103 cm³/mol. The van der Waals surface area contributed by atoms with Crippen molar-refractivity contribution < 1.29 is 28.6 Å². The van der Waals surface area contributed by atoms with Crippen LogP contribution in [0.15, 0.2) is 30.3 Å². The molecule has 7 nitrogen and oxygen atoms in total. The van der Waals surface area contributed by atoms with E-state index >= 15 is 0 Å². The molecule has 2 aliphatic heterocycles. The van der Waals surface area contributed by atoms with Gasteiger partial charge in [0, 0.05) is 22.7 Å². The van der Waals surface area contributed by atoms with Gasteiger partial charge in [-0.25, -0.2) is 0 Å². The van der Waals surface area contributed by atoms with Crippen molar-refractivity contribution >= 4 is 29.4 Å². The summed E-state index contributed by atoms with van der Waals surface area (Å²) in [6.07, 6.45) is -0.100. The quantitative estimate of drug-likeness (QED) is 0.550. The number of amides is 2. The number of carbonyl (C=O) groups is 3. The minimum atomic E-state index is -0.529. The van der Waals surface area contributed by atoms with Gasteiger partial charge in [-0.05, 0) is 31.2 Å². The van der Waals surface area contributed by atoms with E-state index in [1.807, 2.05) is 6.92 Å². The zero-order valence-corrected chi connectivity index (χ0v) is 16.5. The molecule has 2 aliphatic rings. The van der Waals surface area contributed by atoms with Crippen LogP contribution >= 0.6 is 11.6 Å². The second-order valence-electron chi connectivity index (χ2n) is 6.89. The van der Waals surface area contributed by atoms with Crippen LogP contribution in [0.4, 0.5) is 0 Å². The predicted octanol–water partition coefficient (Wildman–Crippen LogP) is 3.24. The lowest BCUT2D eigenvalue weighted by molar-refractivity contribution is -0.145. The third-order valence-corrected chi connectivity index (χ3v) is 5.02. The highest BCUT2D eigenvalue weighted by Gasteiger charge is 2.35. The summed E-state index contributed by atoms with van der Waals surface area (Å²) in [5, 5.41) is 0.491. The summed E-state index contributed by atoms with van der Waals surface area (Å²) in [6.45, 7) is 2.28. The first kappa shape index (κ1) is 19.4. The summed E-state index contributed by atoms with van der Waals surface area (Å²) in [5.41, 5.74) is 3.05. The van der Waals surface area contributed by atoms with Crippen molar-refractivity contribution in [1.29, 1.82) is 0 Å². The van der Waals surface area contributed by atoms with Crippen LogP contribution in [0.5, 0.6) is 5.75 Å². The fraction of sp³-hybridized carbons (Fsp3) is 0.286. The summed E-state index contributed by atoms with van der Waals surface area (Å²) in [5.74, 6) is -0.711. The normalized spacial score (nSPS) is 15.0. The number of ether oxygens (including phenoxy) is 3. The molecule has 0 aromatic heterocycles. The van der Waals surface area contributed by atoms with Gasteiger partial charge in [-0.15, -0.1) is 0 Å². The van der Waals surface area contributed by atoms with Crippen molar-refractivity contribution in [1.82, 2.24) is 4.90 Å². The number of rotatable bonds is 5. The van der Waals surface area contributed by atoms with Gasteiger partial charge >= 0.3 is 5.97 Å². The molecule has 0 saturated carbocycles. The largest absolute Gasteiger partial charge is 0.467 e. The summed E-state index contributed by atoms with van der Waals surface area (Å²) in [7, 11) is 0. The van der Waals surface area contributed by atoms with E-state index in [9.17, 15) is 14.4 Å². The number of hydrogen-bond acceptors (Lipinski definition) is 6. The molecular formula is C21H18ClNO6. The molecule has 0 aliphatic carbocycles. The van der Waals surface area contributed by atoms with Crippen molar-refractivity contribution in [2.24, 2.45) is 0 Å². The van der Waals surface area contributed by atoms with Crippen LogP contribution in [-0.2, 0) is 27.5 Å². The molecular weight excluding hydrogens is 398 g/mol. The summed E-state index contributed by atoms with van der Waals surface area (Å²) >= 11 is 6.10. The zero-order chi connectivity index (χ0) is 20.5. The number of halogens is 1. The van der Waals surface area contributed by atoms with Crippen LogP contribution in [-0.4, -0.2) is 36.0 Å². The molecule has 0 fully saturated rings. The molecule has 29 heavy (non-hydrogen) atoms. The average Bonchev–Trinajstić information content (AvgIpc) is 2.94. The molecule has 0 N–H and O–H groups in total. The first-order valence-electron chi connectivity index (χ1n) is 9.08. The highest BCUT2D eigenvalue weighted by molar-refractivity contribution is 6.30. The van der Waals surface area contributed by atoms with E-state index in [2.05, 4.69) is 0 Å². The second kappa shape index (κ2) is 7.85. The van der Waals surface area contributed by atoms with E-state index in [0.29, 0.717) is 34.1 Å². The Morgan fingerprint density at radius 3 is 2.79 bits per heavy atom. The Labute approximate surface area is 172 Å². The minimum Gasteiger partial charge on any atom is -0.467 e. The lowest BCUT2D eigenvalue weighted by Crippen LogP contribution is -2.32. The molecule has 2 heterocycles. The zero-order valence-electron chi connectivity index (χ0n) is 15.7. The number of esters is 1. The highest BCUT2D eigenvalue weighted by Crippen LogP contribution is 2.32. The fourth-order valence-corrected chi connectivity index (χ4v) is 3.67. The Kier molecular flexibility index (Phi) is 5.25. The molecule has 150 valence electrons. The van der Waals surface area contributed by atoms with Crippen LogP contribution in [0.2, 0.25) is 5.02 Å². The lowest BCUT2D eigenvalue weighted by Gasteiger charge is -2.21. The Morgan fingerprint density at radius 2 is 1.97 bits per heavy atom. The fourth-order valence-electron chi connectivity index (χ4n) is 3.41. The molecule has 0 saturated heterocycles. The number of imide groups is 1. The molecule has 0 unspecified atom stereocenters. The SMILES string of the molecule is Cc1ccc2c(c1)C(=O)N(CCC(=O)OCc1cc(Cl)cc3c1OCOC3)C2=O. The molecule has 8 heteroatoms. The van der Waals surface area contributed by atoms with E-state index < -0.39 is 11.9 Å². The first-order valence-corrected chi connectivity index (χ1v) is 9.46. The van der Waals surface area contributed by atoms with E-state index in [0.717, 1.165) is 16.0 Å². The number of hydrogen-bond donors (Lipinski definition) is 0. The van der Waals surface area contributed by atoms with E-state index in [-0.39, 0.29) is 32.3 Å². The van der Waals surface area contributed by atoms with E-state index in [1.54, 1.807) is 30.3 Å². The highest BCUT2D eigenvalue weighted by atomic mass is 35.5. The maximum atomic E-state index is 12.5.